The number of likely N-dealkylation sites (tertiary alicyclic amines) is 1. The zero-order valence-corrected chi connectivity index (χ0v) is 10.7. The minimum absolute atomic E-state index is 0.396. The Labute approximate surface area is 111 Å². The van der Waals surface area contributed by atoms with Gasteiger partial charge in [-0.05, 0) is 36.8 Å². The molecule has 1 fully saturated rings. The molecule has 19 heavy (non-hydrogen) atoms. The van der Waals surface area contributed by atoms with Crippen molar-refractivity contribution in [3.63, 3.8) is 0 Å². The van der Waals surface area contributed by atoms with Crippen LogP contribution in [-0.4, -0.2) is 41.2 Å². The molecule has 1 aliphatic heterocycles. The molecule has 0 amide bonds. The Bertz CT molecular complexity index is 568. The molecule has 1 saturated heterocycles. The van der Waals surface area contributed by atoms with Gasteiger partial charge in [0.05, 0.1) is 5.10 Å². The second-order valence-electron chi connectivity index (χ2n) is 4.77. The minimum atomic E-state index is 0.396. The van der Waals surface area contributed by atoms with E-state index in [4.69, 9.17) is 0 Å². The molecule has 100 valence electrons. The van der Waals surface area contributed by atoms with Crippen molar-refractivity contribution >= 4 is 17.0 Å². The first-order valence-electron chi connectivity index (χ1n) is 6.66. The zero-order chi connectivity index (χ0) is 13.1. The van der Waals surface area contributed by atoms with Crippen molar-refractivity contribution in [2.24, 2.45) is 0 Å². The maximum atomic E-state index is 11.7. The molecule has 1 aromatic carbocycles. The molecular formula is C13H17N5O. The van der Waals surface area contributed by atoms with E-state index < -0.39 is 0 Å². The van der Waals surface area contributed by atoms with Gasteiger partial charge in [0.15, 0.2) is 0 Å². The van der Waals surface area contributed by atoms with E-state index in [1.807, 2.05) is 12.1 Å². The first kappa shape index (κ1) is 12.1. The summed E-state index contributed by atoms with van der Waals surface area (Å²) in [5.74, 6) is 0.396. The van der Waals surface area contributed by atoms with Crippen LogP contribution in [0.15, 0.2) is 24.3 Å². The van der Waals surface area contributed by atoms with Crippen LogP contribution in [0.5, 0.6) is 0 Å². The molecule has 2 aromatic rings. The molecular weight excluding hydrogens is 242 g/mol. The van der Waals surface area contributed by atoms with Crippen LogP contribution >= 0.6 is 0 Å². The molecule has 1 N–H and O–H groups in total. The fourth-order valence-electron chi connectivity index (χ4n) is 2.40. The molecule has 0 atom stereocenters. The number of nitrogens with zero attached hydrogens (tertiary/aromatic N) is 4. The summed E-state index contributed by atoms with van der Waals surface area (Å²) in [6.07, 6.45) is 2.57. The van der Waals surface area contributed by atoms with E-state index in [0.717, 1.165) is 13.1 Å². The van der Waals surface area contributed by atoms with Crippen molar-refractivity contribution in [2.45, 2.75) is 12.8 Å². The Balaban J connectivity index is 1.67. The van der Waals surface area contributed by atoms with Gasteiger partial charge in [0.1, 0.15) is 5.52 Å². The Kier molecular flexibility index (Phi) is 3.41. The standard InChI is InChI=1S/C13H17N5O/c19-18-12-6-2-1-5-11(12)15-13(16-18)14-7-10-17-8-3-4-9-17/h1-2,5-6H,3-4,7-10H2,(H,14,15,16). The molecule has 6 nitrogen and oxygen atoms in total. The minimum Gasteiger partial charge on any atom is -0.594 e. The van der Waals surface area contributed by atoms with Crippen molar-refractivity contribution in [2.75, 3.05) is 31.5 Å². The summed E-state index contributed by atoms with van der Waals surface area (Å²) in [6, 6.07) is 7.21. The SMILES string of the molecule is [O-][n+]1nc(NCCN2CCCC2)nc2ccccc21. The largest absolute Gasteiger partial charge is 0.594 e. The van der Waals surface area contributed by atoms with E-state index in [0.29, 0.717) is 21.8 Å². The monoisotopic (exact) mass is 259 g/mol. The van der Waals surface area contributed by atoms with E-state index in [1.165, 1.54) is 25.9 Å². The van der Waals surface area contributed by atoms with Gasteiger partial charge in [0.2, 0.25) is 0 Å². The van der Waals surface area contributed by atoms with E-state index in [1.54, 1.807) is 12.1 Å². The van der Waals surface area contributed by atoms with E-state index in [-0.39, 0.29) is 0 Å². The van der Waals surface area contributed by atoms with Crippen LogP contribution in [0.1, 0.15) is 12.8 Å². The molecule has 0 spiro atoms. The van der Waals surface area contributed by atoms with Crippen molar-refractivity contribution in [1.82, 2.24) is 15.0 Å². The van der Waals surface area contributed by atoms with Gasteiger partial charge in [-0.25, -0.2) is 4.98 Å². The van der Waals surface area contributed by atoms with Gasteiger partial charge in [0, 0.05) is 19.2 Å². The predicted octanol–water partition coefficient (Wildman–Crippen LogP) is 0.771. The van der Waals surface area contributed by atoms with E-state index >= 15 is 0 Å². The fraction of sp³-hybridized carbons (Fsp3) is 0.462. The molecule has 1 aromatic heterocycles. The third-order valence-corrected chi connectivity index (χ3v) is 3.41. The lowest BCUT2D eigenvalue weighted by atomic mass is 10.3. The Morgan fingerprint density at radius 2 is 2.05 bits per heavy atom. The van der Waals surface area contributed by atoms with Crippen molar-refractivity contribution in [3.8, 4) is 0 Å². The molecule has 0 unspecified atom stereocenters. The second kappa shape index (κ2) is 5.36. The zero-order valence-electron chi connectivity index (χ0n) is 10.7. The highest BCUT2D eigenvalue weighted by molar-refractivity contribution is 5.71. The summed E-state index contributed by atoms with van der Waals surface area (Å²) < 4.78 is 0. The summed E-state index contributed by atoms with van der Waals surface area (Å²) in [4.78, 5) is 7.37. The Morgan fingerprint density at radius 1 is 1.26 bits per heavy atom. The molecule has 6 heteroatoms. The first-order chi connectivity index (χ1) is 9.33. The number of fused-ring (bicyclic) bond motifs is 1. The molecule has 0 saturated carbocycles. The van der Waals surface area contributed by atoms with Gasteiger partial charge in [-0.1, -0.05) is 12.1 Å². The van der Waals surface area contributed by atoms with Crippen molar-refractivity contribution < 1.29 is 4.85 Å². The molecule has 0 bridgehead atoms. The van der Waals surface area contributed by atoms with Gasteiger partial charge in [-0.15, -0.1) is 0 Å². The van der Waals surface area contributed by atoms with Crippen LogP contribution < -0.4 is 10.2 Å². The number of nitrogens with one attached hydrogen (secondary N) is 1. The third-order valence-electron chi connectivity index (χ3n) is 3.41. The highest BCUT2D eigenvalue weighted by atomic mass is 16.5. The average molecular weight is 259 g/mol. The van der Waals surface area contributed by atoms with Crippen molar-refractivity contribution in [3.05, 3.63) is 29.5 Å². The molecule has 2 heterocycles. The van der Waals surface area contributed by atoms with Crippen LogP contribution in [0.2, 0.25) is 0 Å². The lowest BCUT2D eigenvalue weighted by Crippen LogP contribution is -2.34. The topological polar surface area (TPSA) is 68.0 Å². The van der Waals surface area contributed by atoms with Gasteiger partial charge in [0.25, 0.3) is 11.5 Å². The first-order valence-corrected chi connectivity index (χ1v) is 6.66. The van der Waals surface area contributed by atoms with Crippen LogP contribution in [-0.2, 0) is 0 Å². The summed E-state index contributed by atoms with van der Waals surface area (Å²) >= 11 is 0. The Hall–Kier alpha value is -1.95. The van der Waals surface area contributed by atoms with Crippen LogP contribution in [0.3, 0.4) is 0 Å². The van der Waals surface area contributed by atoms with Crippen molar-refractivity contribution in [1.29, 1.82) is 0 Å². The highest BCUT2D eigenvalue weighted by Crippen LogP contribution is 2.08. The fourth-order valence-corrected chi connectivity index (χ4v) is 2.40. The smallest absolute Gasteiger partial charge is 0.290 e. The van der Waals surface area contributed by atoms with Crippen LogP contribution in [0.25, 0.3) is 11.0 Å². The van der Waals surface area contributed by atoms with Crippen LogP contribution in [0, 0.1) is 5.21 Å². The summed E-state index contributed by atoms with van der Waals surface area (Å²) in [5.41, 5.74) is 1.16. The average Bonchev–Trinajstić information content (AvgIpc) is 2.92. The normalized spacial score (nSPS) is 16.0. The van der Waals surface area contributed by atoms with Gasteiger partial charge < -0.3 is 15.4 Å². The third kappa shape index (κ3) is 2.73. The number of anilines is 1. The molecule has 0 radical (unpaired) electrons. The van der Waals surface area contributed by atoms with Crippen LogP contribution in [0.4, 0.5) is 5.95 Å². The predicted molar refractivity (Wildman–Crippen MR) is 72.7 cm³/mol. The lowest BCUT2D eigenvalue weighted by molar-refractivity contribution is -0.641. The van der Waals surface area contributed by atoms with E-state index in [9.17, 15) is 5.21 Å². The van der Waals surface area contributed by atoms with Gasteiger partial charge in [-0.3, -0.25) is 0 Å². The number of para-hydroxylation sites is 2. The quantitative estimate of drug-likeness (QED) is 0.649. The van der Waals surface area contributed by atoms with Gasteiger partial charge in [-0.2, -0.15) is 0 Å². The Morgan fingerprint density at radius 3 is 2.89 bits per heavy atom. The maximum absolute atomic E-state index is 11.7. The number of benzene rings is 1. The second-order valence-corrected chi connectivity index (χ2v) is 4.77. The summed E-state index contributed by atoms with van der Waals surface area (Å²) in [5, 5.41) is 18.7. The summed E-state index contributed by atoms with van der Waals surface area (Å²) in [7, 11) is 0. The van der Waals surface area contributed by atoms with Gasteiger partial charge >= 0.3 is 0 Å². The number of rotatable bonds is 4. The number of hydrogen-bond acceptors (Lipinski definition) is 5. The molecule has 1 aliphatic rings. The van der Waals surface area contributed by atoms with E-state index in [2.05, 4.69) is 20.3 Å². The lowest BCUT2D eigenvalue weighted by Gasteiger charge is -2.14. The highest BCUT2D eigenvalue weighted by Gasteiger charge is 2.12. The number of hydrogen-bond donors (Lipinski definition) is 1. The maximum Gasteiger partial charge on any atom is 0.290 e. The molecule has 0 aliphatic carbocycles. The summed E-state index contributed by atoms with van der Waals surface area (Å²) in [6.45, 7) is 4.07. The number of aromatic nitrogens is 3. The molecule has 3 rings (SSSR count).